The van der Waals surface area contributed by atoms with Gasteiger partial charge in [-0.1, -0.05) is 6.07 Å². The molecule has 3 aromatic heterocycles. The Morgan fingerprint density at radius 1 is 1.11 bits per heavy atom. The van der Waals surface area contributed by atoms with Gasteiger partial charge in [0.15, 0.2) is 0 Å². The Morgan fingerprint density at radius 3 is 2.82 bits per heavy atom. The number of aromatic nitrogens is 3. The lowest BCUT2D eigenvalue weighted by atomic mass is 10.1. The smallest absolute Gasteiger partial charge is 0.139 e. The fourth-order valence-corrected chi connectivity index (χ4v) is 4.06. The first-order chi connectivity index (χ1) is 13.7. The number of pyridine rings is 1. The second kappa shape index (κ2) is 6.95. The van der Waals surface area contributed by atoms with Gasteiger partial charge in [-0.2, -0.15) is 0 Å². The predicted octanol–water partition coefficient (Wildman–Crippen LogP) is 4.01. The molecular weight excluding hydrogens is 355 g/mol. The number of nitrogens with zero attached hydrogens (tertiary/aromatic N) is 4. The minimum Gasteiger partial charge on any atom is -0.490 e. The summed E-state index contributed by atoms with van der Waals surface area (Å²) < 4.78 is 23.6. The Morgan fingerprint density at radius 2 is 1.96 bits per heavy atom. The number of likely N-dealkylation sites (tertiary alicyclic amines) is 1. The van der Waals surface area contributed by atoms with E-state index in [-0.39, 0.29) is 11.9 Å². The SMILES string of the molecule is Cn1ccc2c(OC3CCN(Cc4cn5cc(F)ccc5n4)CC3)cccc21. The first-order valence-electron chi connectivity index (χ1n) is 9.72. The molecule has 1 aromatic carbocycles. The summed E-state index contributed by atoms with van der Waals surface area (Å²) in [4.78, 5) is 6.98. The highest BCUT2D eigenvalue weighted by Crippen LogP contribution is 2.29. The quantitative estimate of drug-likeness (QED) is 0.538. The molecule has 4 heterocycles. The molecule has 28 heavy (non-hydrogen) atoms. The topological polar surface area (TPSA) is 34.7 Å². The minimum absolute atomic E-state index is 0.234. The normalized spacial score (nSPS) is 16.2. The van der Waals surface area contributed by atoms with Crippen molar-refractivity contribution in [2.24, 2.45) is 7.05 Å². The fourth-order valence-electron chi connectivity index (χ4n) is 4.06. The van der Waals surface area contributed by atoms with Crippen molar-refractivity contribution in [2.45, 2.75) is 25.5 Å². The summed E-state index contributed by atoms with van der Waals surface area (Å²) in [7, 11) is 2.05. The van der Waals surface area contributed by atoms with Crippen molar-refractivity contribution in [2.75, 3.05) is 13.1 Å². The van der Waals surface area contributed by atoms with E-state index in [1.807, 2.05) is 6.20 Å². The van der Waals surface area contributed by atoms with E-state index in [1.165, 1.54) is 23.2 Å². The lowest BCUT2D eigenvalue weighted by Crippen LogP contribution is -2.37. The van der Waals surface area contributed by atoms with Crippen molar-refractivity contribution >= 4 is 16.6 Å². The Kier molecular flexibility index (Phi) is 4.28. The third-order valence-electron chi connectivity index (χ3n) is 5.57. The summed E-state index contributed by atoms with van der Waals surface area (Å²) in [6.07, 6.45) is 7.67. The van der Waals surface area contributed by atoms with Gasteiger partial charge in [0.05, 0.1) is 11.2 Å². The highest BCUT2D eigenvalue weighted by molar-refractivity contribution is 5.86. The van der Waals surface area contributed by atoms with E-state index in [0.29, 0.717) is 0 Å². The van der Waals surface area contributed by atoms with Gasteiger partial charge in [-0.05, 0) is 43.2 Å². The van der Waals surface area contributed by atoms with Gasteiger partial charge in [-0.15, -0.1) is 0 Å². The molecule has 1 aliphatic heterocycles. The lowest BCUT2D eigenvalue weighted by Gasteiger charge is -2.31. The molecule has 0 saturated carbocycles. The van der Waals surface area contributed by atoms with Crippen LogP contribution in [0.15, 0.2) is 55.0 Å². The molecule has 5 rings (SSSR count). The van der Waals surface area contributed by atoms with Gasteiger partial charge < -0.3 is 13.7 Å². The average Bonchev–Trinajstić information content (AvgIpc) is 3.27. The van der Waals surface area contributed by atoms with Crippen molar-refractivity contribution in [1.82, 2.24) is 18.9 Å². The van der Waals surface area contributed by atoms with Crippen LogP contribution in [-0.4, -0.2) is 38.0 Å². The molecule has 0 bridgehead atoms. The van der Waals surface area contributed by atoms with E-state index < -0.39 is 0 Å². The highest BCUT2D eigenvalue weighted by atomic mass is 19.1. The zero-order valence-electron chi connectivity index (χ0n) is 15.9. The number of fused-ring (bicyclic) bond motifs is 2. The second-order valence-electron chi connectivity index (χ2n) is 7.55. The van der Waals surface area contributed by atoms with Crippen LogP contribution in [0, 0.1) is 5.82 Å². The van der Waals surface area contributed by atoms with Gasteiger partial charge in [0.25, 0.3) is 0 Å². The zero-order valence-corrected chi connectivity index (χ0v) is 15.9. The number of ether oxygens (including phenoxy) is 1. The summed E-state index contributed by atoms with van der Waals surface area (Å²) in [5, 5.41) is 1.17. The molecule has 0 aliphatic carbocycles. The summed E-state index contributed by atoms with van der Waals surface area (Å²) in [5.74, 6) is 0.724. The molecular formula is C22H23FN4O. The van der Waals surface area contributed by atoms with Crippen LogP contribution in [0.3, 0.4) is 0 Å². The van der Waals surface area contributed by atoms with Gasteiger partial charge in [0.1, 0.15) is 23.3 Å². The summed E-state index contributed by atoms with van der Waals surface area (Å²) in [5.41, 5.74) is 2.95. The monoisotopic (exact) mass is 378 g/mol. The maximum absolute atomic E-state index is 13.4. The predicted molar refractivity (Wildman–Crippen MR) is 107 cm³/mol. The van der Waals surface area contributed by atoms with Crippen molar-refractivity contribution in [1.29, 1.82) is 0 Å². The third kappa shape index (κ3) is 3.24. The number of rotatable bonds is 4. The first-order valence-corrected chi connectivity index (χ1v) is 9.72. The van der Waals surface area contributed by atoms with Crippen LogP contribution in [0.1, 0.15) is 18.5 Å². The van der Waals surface area contributed by atoms with Crippen LogP contribution >= 0.6 is 0 Å². The average molecular weight is 378 g/mol. The minimum atomic E-state index is -0.247. The maximum atomic E-state index is 13.4. The van der Waals surface area contributed by atoms with Crippen LogP contribution in [0.25, 0.3) is 16.6 Å². The Bertz CT molecular complexity index is 1120. The molecule has 5 nitrogen and oxygen atoms in total. The number of aryl methyl sites for hydroxylation is 1. The van der Waals surface area contributed by atoms with E-state index in [1.54, 1.807) is 10.5 Å². The molecule has 6 heteroatoms. The maximum Gasteiger partial charge on any atom is 0.139 e. The summed E-state index contributed by atoms with van der Waals surface area (Å²) in [6, 6.07) is 11.5. The number of imidazole rings is 1. The standard InChI is InChI=1S/C22H23FN4O/c1-25-10-9-19-20(25)3-2-4-21(19)28-18-7-11-26(12-8-18)14-17-15-27-13-16(23)5-6-22(27)24-17/h2-6,9-10,13,15,18H,7-8,11-12,14H2,1H3. The second-order valence-corrected chi connectivity index (χ2v) is 7.55. The summed E-state index contributed by atoms with van der Waals surface area (Å²) in [6.45, 7) is 2.72. The third-order valence-corrected chi connectivity index (χ3v) is 5.57. The van der Waals surface area contributed by atoms with Crippen LogP contribution in [0.5, 0.6) is 5.75 Å². The molecule has 1 fully saturated rings. The van der Waals surface area contributed by atoms with Gasteiger partial charge in [0, 0.05) is 50.7 Å². The van der Waals surface area contributed by atoms with E-state index in [4.69, 9.17) is 4.74 Å². The fraction of sp³-hybridized carbons (Fsp3) is 0.318. The van der Waals surface area contributed by atoms with Crippen LogP contribution in [-0.2, 0) is 13.6 Å². The van der Waals surface area contributed by atoms with E-state index >= 15 is 0 Å². The molecule has 0 unspecified atom stereocenters. The molecule has 1 saturated heterocycles. The molecule has 4 aromatic rings. The summed E-state index contributed by atoms with van der Waals surface area (Å²) >= 11 is 0. The number of halogens is 1. The van der Waals surface area contributed by atoms with Gasteiger partial charge in [-0.25, -0.2) is 9.37 Å². The highest BCUT2D eigenvalue weighted by Gasteiger charge is 2.22. The Hall–Kier alpha value is -2.86. The molecule has 0 spiro atoms. The largest absolute Gasteiger partial charge is 0.490 e. The molecule has 144 valence electrons. The van der Waals surface area contributed by atoms with E-state index in [2.05, 4.69) is 52.0 Å². The van der Waals surface area contributed by atoms with Gasteiger partial charge in [-0.3, -0.25) is 4.90 Å². The zero-order chi connectivity index (χ0) is 19.1. The van der Waals surface area contributed by atoms with Crippen LogP contribution < -0.4 is 4.74 Å². The van der Waals surface area contributed by atoms with Crippen molar-refractivity contribution in [3.05, 3.63) is 66.5 Å². The van der Waals surface area contributed by atoms with Crippen molar-refractivity contribution in [3.63, 3.8) is 0 Å². The lowest BCUT2D eigenvalue weighted by molar-refractivity contribution is 0.0974. The first kappa shape index (κ1) is 17.3. The number of benzene rings is 1. The number of hydrogen-bond donors (Lipinski definition) is 0. The molecule has 1 aliphatic rings. The number of piperidine rings is 1. The number of hydrogen-bond acceptors (Lipinski definition) is 3. The molecule has 0 atom stereocenters. The molecule has 0 amide bonds. The molecule has 0 radical (unpaired) electrons. The Balaban J connectivity index is 1.22. The van der Waals surface area contributed by atoms with Gasteiger partial charge in [0.2, 0.25) is 0 Å². The van der Waals surface area contributed by atoms with Crippen LogP contribution in [0.4, 0.5) is 4.39 Å². The van der Waals surface area contributed by atoms with Gasteiger partial charge >= 0.3 is 0 Å². The molecule has 0 N–H and O–H groups in total. The van der Waals surface area contributed by atoms with Crippen molar-refractivity contribution in [3.8, 4) is 5.75 Å². The van der Waals surface area contributed by atoms with E-state index in [0.717, 1.165) is 49.6 Å². The van der Waals surface area contributed by atoms with E-state index in [9.17, 15) is 4.39 Å². The van der Waals surface area contributed by atoms with Crippen LogP contribution in [0.2, 0.25) is 0 Å². The van der Waals surface area contributed by atoms with Crippen molar-refractivity contribution < 1.29 is 9.13 Å². The Labute approximate surface area is 163 Å².